The van der Waals surface area contributed by atoms with E-state index in [9.17, 15) is 13.2 Å². The molecule has 0 fully saturated rings. The molecule has 2 rings (SSSR count). The Labute approximate surface area is 116 Å². The quantitative estimate of drug-likeness (QED) is 0.680. The van der Waals surface area contributed by atoms with E-state index in [-0.39, 0.29) is 18.0 Å². The maximum atomic E-state index is 13.4. The molecule has 6 heteroatoms. The second-order valence-corrected chi connectivity index (χ2v) is 4.80. The molecule has 19 heavy (non-hydrogen) atoms. The van der Waals surface area contributed by atoms with E-state index in [1.165, 1.54) is 18.2 Å². The Bertz CT molecular complexity index is 599. The summed E-state index contributed by atoms with van der Waals surface area (Å²) in [6, 6.07) is 6.14. The van der Waals surface area contributed by atoms with Crippen molar-refractivity contribution in [2.24, 2.45) is 0 Å². The first-order chi connectivity index (χ1) is 8.95. The first-order valence-electron chi connectivity index (χ1n) is 5.28. The van der Waals surface area contributed by atoms with Gasteiger partial charge < -0.3 is 10.5 Å². The van der Waals surface area contributed by atoms with Gasteiger partial charge in [0.05, 0.1) is 0 Å². The van der Waals surface area contributed by atoms with Crippen molar-refractivity contribution in [1.29, 1.82) is 0 Å². The predicted octanol–water partition coefficient (Wildman–Crippen LogP) is 4.03. The zero-order valence-corrected chi connectivity index (χ0v) is 11.2. The molecular weight excluding hydrogens is 323 g/mol. The van der Waals surface area contributed by atoms with Gasteiger partial charge in [0.15, 0.2) is 11.6 Å². The van der Waals surface area contributed by atoms with Crippen LogP contribution >= 0.6 is 15.9 Å². The number of rotatable bonds is 3. The van der Waals surface area contributed by atoms with Crippen LogP contribution in [0.5, 0.6) is 5.75 Å². The number of benzene rings is 2. The lowest BCUT2D eigenvalue weighted by molar-refractivity contribution is 0.284. The lowest BCUT2D eigenvalue weighted by Gasteiger charge is -2.09. The largest absolute Gasteiger partial charge is 0.486 e. The summed E-state index contributed by atoms with van der Waals surface area (Å²) in [5, 5.41) is 0. The van der Waals surface area contributed by atoms with Crippen LogP contribution in [0.1, 0.15) is 5.56 Å². The molecule has 0 atom stereocenters. The zero-order chi connectivity index (χ0) is 14.0. The minimum Gasteiger partial charge on any atom is -0.486 e. The van der Waals surface area contributed by atoms with Gasteiger partial charge in [0.2, 0.25) is 5.82 Å². The van der Waals surface area contributed by atoms with Gasteiger partial charge >= 0.3 is 0 Å². The van der Waals surface area contributed by atoms with Crippen molar-refractivity contribution in [2.75, 3.05) is 5.73 Å². The molecule has 2 aromatic carbocycles. The summed E-state index contributed by atoms with van der Waals surface area (Å²) in [5.74, 6) is -2.88. The topological polar surface area (TPSA) is 35.2 Å². The Morgan fingerprint density at radius 2 is 1.79 bits per heavy atom. The highest BCUT2D eigenvalue weighted by molar-refractivity contribution is 9.10. The van der Waals surface area contributed by atoms with E-state index in [0.717, 1.165) is 12.1 Å². The summed E-state index contributed by atoms with van der Waals surface area (Å²) >= 11 is 3.03. The maximum absolute atomic E-state index is 13.4. The van der Waals surface area contributed by atoms with E-state index in [1.54, 1.807) is 0 Å². The molecule has 0 aliphatic heterocycles. The van der Waals surface area contributed by atoms with E-state index in [1.807, 2.05) is 0 Å². The lowest BCUT2D eigenvalue weighted by atomic mass is 10.2. The van der Waals surface area contributed by atoms with Gasteiger partial charge in [0.25, 0.3) is 0 Å². The smallest absolute Gasteiger partial charge is 0.200 e. The van der Waals surface area contributed by atoms with Crippen LogP contribution in [0.2, 0.25) is 0 Å². The highest BCUT2D eigenvalue weighted by atomic mass is 79.9. The number of ether oxygens (including phenoxy) is 1. The first-order valence-corrected chi connectivity index (χ1v) is 6.07. The van der Waals surface area contributed by atoms with Gasteiger partial charge in [0, 0.05) is 10.2 Å². The summed E-state index contributed by atoms with van der Waals surface area (Å²) in [5.41, 5.74) is 6.13. The summed E-state index contributed by atoms with van der Waals surface area (Å²) in [7, 11) is 0. The summed E-state index contributed by atoms with van der Waals surface area (Å²) in [6.45, 7) is -0.116. The van der Waals surface area contributed by atoms with E-state index in [0.29, 0.717) is 10.0 Å². The molecule has 0 bridgehead atoms. The zero-order valence-electron chi connectivity index (χ0n) is 9.59. The molecule has 0 saturated heterocycles. The van der Waals surface area contributed by atoms with E-state index >= 15 is 0 Å². The minimum atomic E-state index is -1.09. The monoisotopic (exact) mass is 331 g/mol. The SMILES string of the molecule is Nc1cc(F)cc(COc2cc(Br)cc(F)c2F)c1. The number of nitrogen functional groups attached to an aromatic ring is 1. The molecule has 0 amide bonds. The fraction of sp³-hybridized carbons (Fsp3) is 0.0769. The van der Waals surface area contributed by atoms with Gasteiger partial charge in [-0.05, 0) is 35.9 Å². The third-order valence-electron chi connectivity index (χ3n) is 2.33. The van der Waals surface area contributed by atoms with Crippen LogP contribution in [0, 0.1) is 17.5 Å². The molecule has 2 nitrogen and oxygen atoms in total. The summed E-state index contributed by atoms with van der Waals surface area (Å²) in [6.07, 6.45) is 0. The van der Waals surface area contributed by atoms with E-state index in [4.69, 9.17) is 10.5 Å². The van der Waals surface area contributed by atoms with Crippen LogP contribution in [0.15, 0.2) is 34.8 Å². The van der Waals surface area contributed by atoms with Crippen LogP contribution in [0.3, 0.4) is 0 Å². The van der Waals surface area contributed by atoms with Gasteiger partial charge in [-0.15, -0.1) is 0 Å². The Morgan fingerprint density at radius 1 is 1.05 bits per heavy atom. The first kappa shape index (κ1) is 13.7. The normalized spacial score (nSPS) is 10.5. The predicted molar refractivity (Wildman–Crippen MR) is 69.2 cm³/mol. The molecule has 0 radical (unpaired) electrons. The maximum Gasteiger partial charge on any atom is 0.200 e. The molecule has 0 aromatic heterocycles. The van der Waals surface area contributed by atoms with Gasteiger partial charge in [-0.1, -0.05) is 15.9 Å². The molecular formula is C13H9BrF3NO. The van der Waals surface area contributed by atoms with E-state index in [2.05, 4.69) is 15.9 Å². The van der Waals surface area contributed by atoms with Gasteiger partial charge in [-0.2, -0.15) is 4.39 Å². The van der Waals surface area contributed by atoms with E-state index < -0.39 is 17.5 Å². The molecule has 2 aromatic rings. The fourth-order valence-corrected chi connectivity index (χ4v) is 1.97. The van der Waals surface area contributed by atoms with Crippen molar-refractivity contribution < 1.29 is 17.9 Å². The number of hydrogen-bond acceptors (Lipinski definition) is 2. The van der Waals surface area contributed by atoms with Crippen LogP contribution < -0.4 is 10.5 Å². The third kappa shape index (κ3) is 3.41. The van der Waals surface area contributed by atoms with Crippen LogP contribution in [0.25, 0.3) is 0 Å². The van der Waals surface area contributed by atoms with Crippen molar-refractivity contribution >= 4 is 21.6 Å². The van der Waals surface area contributed by atoms with Crippen LogP contribution in [-0.4, -0.2) is 0 Å². The Morgan fingerprint density at radius 3 is 2.47 bits per heavy atom. The molecule has 0 unspecified atom stereocenters. The average molecular weight is 332 g/mol. The molecule has 0 aliphatic carbocycles. The Hall–Kier alpha value is -1.69. The highest BCUT2D eigenvalue weighted by Crippen LogP contribution is 2.26. The molecule has 0 saturated carbocycles. The second-order valence-electron chi connectivity index (χ2n) is 3.88. The third-order valence-corrected chi connectivity index (χ3v) is 2.79. The minimum absolute atomic E-state index is 0.116. The van der Waals surface area contributed by atoms with Crippen LogP contribution in [-0.2, 0) is 6.61 Å². The fourth-order valence-electron chi connectivity index (χ4n) is 1.56. The van der Waals surface area contributed by atoms with Gasteiger partial charge in [-0.25, -0.2) is 8.78 Å². The van der Waals surface area contributed by atoms with Crippen LogP contribution in [0.4, 0.5) is 18.9 Å². The second kappa shape index (κ2) is 5.52. The number of anilines is 1. The van der Waals surface area contributed by atoms with Crippen molar-refractivity contribution in [3.8, 4) is 5.75 Å². The standard InChI is InChI=1S/C13H9BrF3NO/c14-8-3-11(16)13(17)12(4-8)19-6-7-1-9(15)5-10(18)2-7/h1-5H,6,18H2. The van der Waals surface area contributed by atoms with Crippen molar-refractivity contribution in [3.63, 3.8) is 0 Å². The summed E-state index contributed by atoms with van der Waals surface area (Å²) < 4.78 is 45.1. The van der Waals surface area contributed by atoms with Crippen molar-refractivity contribution in [1.82, 2.24) is 0 Å². The Kier molecular flexibility index (Phi) is 3.99. The van der Waals surface area contributed by atoms with Gasteiger partial charge in [0.1, 0.15) is 12.4 Å². The Balaban J connectivity index is 2.19. The lowest BCUT2D eigenvalue weighted by Crippen LogP contribution is -2.00. The van der Waals surface area contributed by atoms with Crippen molar-refractivity contribution in [3.05, 3.63) is 57.8 Å². The molecule has 100 valence electrons. The van der Waals surface area contributed by atoms with Crippen molar-refractivity contribution in [2.45, 2.75) is 6.61 Å². The molecule has 2 N–H and O–H groups in total. The molecule has 0 heterocycles. The number of halogens is 4. The summed E-state index contributed by atoms with van der Waals surface area (Å²) in [4.78, 5) is 0. The molecule has 0 spiro atoms. The highest BCUT2D eigenvalue weighted by Gasteiger charge is 2.11. The van der Waals surface area contributed by atoms with Gasteiger partial charge in [-0.3, -0.25) is 0 Å². The number of nitrogens with two attached hydrogens (primary N) is 1. The molecule has 0 aliphatic rings. The average Bonchev–Trinajstić information content (AvgIpc) is 2.30. The number of hydrogen-bond donors (Lipinski definition) is 1.